The van der Waals surface area contributed by atoms with Gasteiger partial charge in [-0.25, -0.2) is 4.39 Å². The van der Waals surface area contributed by atoms with Gasteiger partial charge in [-0.2, -0.15) is 0 Å². The Kier molecular flexibility index (Phi) is 4.59. The van der Waals surface area contributed by atoms with Crippen molar-refractivity contribution in [2.45, 2.75) is 52.0 Å². The fourth-order valence-electron chi connectivity index (χ4n) is 2.85. The van der Waals surface area contributed by atoms with E-state index in [4.69, 9.17) is 0 Å². The molecule has 0 bridgehead atoms. The van der Waals surface area contributed by atoms with Crippen LogP contribution in [0.3, 0.4) is 0 Å². The van der Waals surface area contributed by atoms with E-state index in [-0.39, 0.29) is 11.6 Å². The highest BCUT2D eigenvalue weighted by Crippen LogP contribution is 2.24. The Hall–Kier alpha value is -1.22. The first-order valence-electron chi connectivity index (χ1n) is 7.44. The third-order valence-corrected chi connectivity index (χ3v) is 4.49. The van der Waals surface area contributed by atoms with Crippen LogP contribution in [0.15, 0.2) is 18.2 Å². The van der Waals surface area contributed by atoms with Crippen molar-refractivity contribution in [3.63, 3.8) is 0 Å². The normalized spacial score (nSPS) is 17.2. The number of piperidine rings is 1. The molecule has 1 saturated heterocycles. The number of ketones is 1. The first-order valence-corrected chi connectivity index (χ1v) is 7.44. The zero-order valence-electron chi connectivity index (χ0n) is 12.7. The van der Waals surface area contributed by atoms with Gasteiger partial charge >= 0.3 is 0 Å². The molecule has 1 aliphatic heterocycles. The molecular weight excluding hydrogens is 253 g/mol. The number of aryl methyl sites for hydroxylation is 1. The number of Topliss-reactive ketones (excluding diaryl/α,β-unsaturated/α-hetero) is 1. The summed E-state index contributed by atoms with van der Waals surface area (Å²) in [5.74, 6) is -0.0951. The highest BCUT2D eigenvalue weighted by Gasteiger charge is 2.34. The van der Waals surface area contributed by atoms with Crippen LogP contribution in [0.5, 0.6) is 0 Å². The second-order valence-electron chi connectivity index (χ2n) is 6.28. The average Bonchev–Trinajstić information content (AvgIpc) is 2.43. The van der Waals surface area contributed by atoms with E-state index >= 15 is 0 Å². The summed E-state index contributed by atoms with van der Waals surface area (Å²) < 4.78 is 13.3. The van der Waals surface area contributed by atoms with Crippen LogP contribution in [0.4, 0.5) is 4.39 Å². The van der Waals surface area contributed by atoms with Crippen molar-refractivity contribution in [2.75, 3.05) is 13.1 Å². The molecular formula is C17H24FNO. The summed E-state index contributed by atoms with van der Waals surface area (Å²) in [6.07, 6.45) is 3.89. The molecule has 0 spiro atoms. The average molecular weight is 277 g/mol. The second kappa shape index (κ2) is 6.04. The Bertz CT molecular complexity index is 490. The fourth-order valence-corrected chi connectivity index (χ4v) is 2.85. The summed E-state index contributed by atoms with van der Waals surface area (Å²) in [6.45, 7) is 7.89. The number of rotatable bonds is 4. The first kappa shape index (κ1) is 15.2. The van der Waals surface area contributed by atoms with Gasteiger partial charge in [0.1, 0.15) is 5.82 Å². The molecule has 0 unspecified atom stereocenters. The van der Waals surface area contributed by atoms with Gasteiger partial charge in [-0.15, -0.1) is 0 Å². The second-order valence-corrected chi connectivity index (χ2v) is 6.28. The molecule has 1 aliphatic rings. The Morgan fingerprint density at radius 3 is 2.55 bits per heavy atom. The van der Waals surface area contributed by atoms with Gasteiger partial charge in [0.2, 0.25) is 0 Å². The Labute approximate surface area is 121 Å². The van der Waals surface area contributed by atoms with Crippen molar-refractivity contribution in [1.29, 1.82) is 0 Å². The van der Waals surface area contributed by atoms with Gasteiger partial charge in [0.25, 0.3) is 0 Å². The van der Waals surface area contributed by atoms with E-state index < -0.39 is 5.54 Å². The molecule has 0 atom stereocenters. The molecule has 0 amide bonds. The predicted octanol–water partition coefficient (Wildman–Crippen LogP) is 3.51. The van der Waals surface area contributed by atoms with Gasteiger partial charge in [-0.3, -0.25) is 9.69 Å². The molecule has 1 aromatic carbocycles. The first-order chi connectivity index (χ1) is 9.41. The fraction of sp³-hybridized carbons (Fsp3) is 0.588. The third kappa shape index (κ3) is 3.26. The van der Waals surface area contributed by atoms with Crippen LogP contribution in [0.2, 0.25) is 0 Å². The van der Waals surface area contributed by atoms with Crippen LogP contribution in [0.1, 0.15) is 44.2 Å². The molecule has 1 heterocycles. The number of hydrogen-bond acceptors (Lipinski definition) is 2. The lowest BCUT2D eigenvalue weighted by Crippen LogP contribution is -2.52. The maximum Gasteiger partial charge on any atom is 0.156 e. The number of benzene rings is 1. The van der Waals surface area contributed by atoms with Crippen molar-refractivity contribution >= 4 is 5.78 Å². The third-order valence-electron chi connectivity index (χ3n) is 4.49. The van der Waals surface area contributed by atoms with E-state index in [2.05, 4.69) is 4.90 Å². The molecule has 110 valence electrons. The maximum absolute atomic E-state index is 13.3. The van der Waals surface area contributed by atoms with Gasteiger partial charge < -0.3 is 0 Å². The van der Waals surface area contributed by atoms with Crippen molar-refractivity contribution in [1.82, 2.24) is 4.90 Å². The lowest BCUT2D eigenvalue weighted by atomic mass is 9.89. The van der Waals surface area contributed by atoms with Crippen LogP contribution in [0, 0.1) is 12.7 Å². The minimum atomic E-state index is -0.459. The Morgan fingerprint density at radius 1 is 1.25 bits per heavy atom. The summed E-state index contributed by atoms with van der Waals surface area (Å²) in [4.78, 5) is 14.9. The highest BCUT2D eigenvalue weighted by molar-refractivity contribution is 5.89. The summed E-state index contributed by atoms with van der Waals surface area (Å²) in [7, 11) is 0. The number of carbonyl (C=O) groups is 1. The Morgan fingerprint density at radius 2 is 1.90 bits per heavy atom. The zero-order valence-corrected chi connectivity index (χ0v) is 12.7. The van der Waals surface area contributed by atoms with Crippen LogP contribution < -0.4 is 0 Å². The molecule has 1 aromatic rings. The monoisotopic (exact) mass is 277 g/mol. The predicted molar refractivity (Wildman–Crippen MR) is 79.4 cm³/mol. The van der Waals surface area contributed by atoms with E-state index in [0.717, 1.165) is 37.1 Å². The van der Waals surface area contributed by atoms with Crippen molar-refractivity contribution in [2.24, 2.45) is 0 Å². The molecule has 0 aromatic heterocycles. The minimum Gasteiger partial charge on any atom is -0.297 e. The zero-order chi connectivity index (χ0) is 14.8. The van der Waals surface area contributed by atoms with E-state index in [1.165, 1.54) is 18.6 Å². The molecule has 0 radical (unpaired) electrons. The van der Waals surface area contributed by atoms with Gasteiger partial charge in [0.05, 0.1) is 5.54 Å². The number of halogens is 1. The Balaban J connectivity index is 2.11. The molecule has 2 rings (SSSR count). The van der Waals surface area contributed by atoms with E-state index in [1.54, 1.807) is 6.07 Å². The summed E-state index contributed by atoms with van der Waals surface area (Å²) in [5.41, 5.74) is 1.33. The van der Waals surface area contributed by atoms with Crippen LogP contribution in [0.25, 0.3) is 0 Å². The smallest absolute Gasteiger partial charge is 0.156 e. The molecule has 2 nitrogen and oxygen atoms in total. The van der Waals surface area contributed by atoms with Gasteiger partial charge in [-0.1, -0.05) is 12.5 Å². The van der Waals surface area contributed by atoms with E-state index in [9.17, 15) is 9.18 Å². The highest BCUT2D eigenvalue weighted by atomic mass is 19.1. The molecule has 1 fully saturated rings. The maximum atomic E-state index is 13.3. The SMILES string of the molecule is Cc1ccc(F)cc1CC(=O)C(C)(C)N1CCCCC1. The van der Waals surface area contributed by atoms with Crippen LogP contribution >= 0.6 is 0 Å². The molecule has 0 aliphatic carbocycles. The van der Waals surface area contributed by atoms with Crippen molar-refractivity contribution in [3.05, 3.63) is 35.1 Å². The topological polar surface area (TPSA) is 20.3 Å². The molecule has 20 heavy (non-hydrogen) atoms. The molecule has 3 heteroatoms. The van der Waals surface area contributed by atoms with Gasteiger partial charge in [0, 0.05) is 6.42 Å². The van der Waals surface area contributed by atoms with Gasteiger partial charge in [-0.05, 0) is 70.0 Å². The van der Waals surface area contributed by atoms with Crippen LogP contribution in [-0.4, -0.2) is 29.3 Å². The van der Waals surface area contributed by atoms with E-state index in [1.807, 2.05) is 20.8 Å². The molecule has 0 saturated carbocycles. The standard InChI is InChI=1S/C17H24FNO/c1-13-7-8-15(18)11-14(13)12-16(20)17(2,3)19-9-5-4-6-10-19/h7-8,11H,4-6,9-10,12H2,1-3H3. The largest absolute Gasteiger partial charge is 0.297 e. The van der Waals surface area contributed by atoms with Crippen LogP contribution in [-0.2, 0) is 11.2 Å². The number of hydrogen-bond donors (Lipinski definition) is 0. The van der Waals surface area contributed by atoms with Crippen molar-refractivity contribution in [3.8, 4) is 0 Å². The summed E-state index contributed by atoms with van der Waals surface area (Å²) >= 11 is 0. The number of nitrogens with zero attached hydrogens (tertiary/aromatic N) is 1. The van der Waals surface area contributed by atoms with Gasteiger partial charge in [0.15, 0.2) is 5.78 Å². The summed E-state index contributed by atoms with van der Waals surface area (Å²) in [6, 6.07) is 4.67. The van der Waals surface area contributed by atoms with Crippen molar-refractivity contribution < 1.29 is 9.18 Å². The van der Waals surface area contributed by atoms with E-state index in [0.29, 0.717) is 6.42 Å². The molecule has 0 N–H and O–H groups in total. The quantitative estimate of drug-likeness (QED) is 0.839. The lowest BCUT2D eigenvalue weighted by Gasteiger charge is -2.40. The number of likely N-dealkylation sites (tertiary alicyclic amines) is 1. The summed E-state index contributed by atoms with van der Waals surface area (Å²) in [5, 5.41) is 0. The number of carbonyl (C=O) groups excluding carboxylic acids is 1. The minimum absolute atomic E-state index is 0.174. The lowest BCUT2D eigenvalue weighted by molar-refractivity contribution is -0.129.